The molecule has 0 bridgehead atoms. The number of hydrogen-bond donors (Lipinski definition) is 2. The maximum Gasteiger partial charge on any atom is 0.341 e. The number of aromatic carboxylic acids is 1. The fraction of sp³-hybridized carbons (Fsp3) is 0.231. The largest absolute Gasteiger partial charge is 0.477 e. The molecule has 0 spiro atoms. The molecule has 4 nitrogen and oxygen atoms in total. The van der Waals surface area contributed by atoms with E-state index in [1.54, 1.807) is 12.1 Å². The van der Waals surface area contributed by atoms with Crippen molar-refractivity contribution in [3.8, 4) is 0 Å². The Morgan fingerprint density at radius 3 is 2.56 bits per heavy atom. The van der Waals surface area contributed by atoms with E-state index < -0.39 is 11.4 Å². The third-order valence-electron chi connectivity index (χ3n) is 2.80. The number of benzene rings is 1. The van der Waals surface area contributed by atoms with E-state index in [1.165, 1.54) is 6.20 Å². The number of carbonyl (C=O) groups is 1. The summed E-state index contributed by atoms with van der Waals surface area (Å²) in [5, 5.41) is 9.31. The Labute approximate surface area is 110 Å². The van der Waals surface area contributed by atoms with Crippen molar-refractivity contribution >= 4 is 29.3 Å². The molecule has 0 unspecified atom stereocenters. The van der Waals surface area contributed by atoms with Gasteiger partial charge in [0.2, 0.25) is 5.43 Å². The second-order valence-corrected chi connectivity index (χ2v) is 4.30. The third kappa shape index (κ3) is 2.38. The van der Waals surface area contributed by atoms with Gasteiger partial charge < -0.3 is 10.1 Å². The van der Waals surface area contributed by atoms with Crippen LogP contribution in [-0.4, -0.2) is 16.1 Å². The van der Waals surface area contributed by atoms with Crippen molar-refractivity contribution in [2.45, 2.75) is 19.8 Å². The van der Waals surface area contributed by atoms with Crippen molar-refractivity contribution in [3.05, 3.63) is 45.7 Å². The zero-order valence-electron chi connectivity index (χ0n) is 10.1. The molecule has 0 aliphatic heterocycles. The van der Waals surface area contributed by atoms with E-state index >= 15 is 0 Å². The smallest absolute Gasteiger partial charge is 0.341 e. The first kappa shape index (κ1) is 14.3. The number of nitrogens with one attached hydrogen (secondary N) is 1. The van der Waals surface area contributed by atoms with Gasteiger partial charge in [-0.3, -0.25) is 4.79 Å². The molecule has 1 aromatic carbocycles. The first-order valence-corrected chi connectivity index (χ1v) is 5.39. The molecule has 0 saturated carbocycles. The van der Waals surface area contributed by atoms with Crippen molar-refractivity contribution in [2.75, 3.05) is 0 Å². The number of halogens is 1. The monoisotopic (exact) mass is 267 g/mol. The van der Waals surface area contributed by atoms with E-state index in [2.05, 4.69) is 4.98 Å². The van der Waals surface area contributed by atoms with Crippen LogP contribution in [0.5, 0.6) is 0 Å². The van der Waals surface area contributed by atoms with Gasteiger partial charge in [-0.1, -0.05) is 19.9 Å². The van der Waals surface area contributed by atoms with Gasteiger partial charge in [0.1, 0.15) is 5.56 Å². The van der Waals surface area contributed by atoms with Crippen LogP contribution in [0.4, 0.5) is 0 Å². The van der Waals surface area contributed by atoms with Crippen LogP contribution < -0.4 is 5.43 Å². The first-order chi connectivity index (χ1) is 8.00. The molecule has 0 aliphatic carbocycles. The van der Waals surface area contributed by atoms with Crippen LogP contribution in [0.3, 0.4) is 0 Å². The molecule has 0 atom stereocenters. The molecule has 0 saturated heterocycles. The minimum absolute atomic E-state index is 0. The SMILES string of the molecule is CC(C)c1ccc2[nH]cc(C(=O)O)c(=O)c2c1.Cl. The van der Waals surface area contributed by atoms with E-state index in [4.69, 9.17) is 5.11 Å². The lowest BCUT2D eigenvalue weighted by molar-refractivity contribution is 0.0695. The third-order valence-corrected chi connectivity index (χ3v) is 2.80. The van der Waals surface area contributed by atoms with Crippen molar-refractivity contribution in [1.82, 2.24) is 4.98 Å². The Kier molecular flexibility index (Phi) is 4.14. The van der Waals surface area contributed by atoms with Crippen LogP contribution in [0.25, 0.3) is 10.9 Å². The summed E-state index contributed by atoms with van der Waals surface area (Å²) in [4.78, 5) is 25.6. The highest BCUT2D eigenvalue weighted by Gasteiger charge is 2.12. The molecule has 5 heteroatoms. The van der Waals surface area contributed by atoms with Crippen molar-refractivity contribution in [1.29, 1.82) is 0 Å². The first-order valence-electron chi connectivity index (χ1n) is 5.39. The predicted molar refractivity (Wildman–Crippen MR) is 72.9 cm³/mol. The van der Waals surface area contributed by atoms with E-state index in [-0.39, 0.29) is 18.0 Å². The maximum atomic E-state index is 11.9. The van der Waals surface area contributed by atoms with Crippen LogP contribution in [0.15, 0.2) is 29.2 Å². The second kappa shape index (κ2) is 5.23. The fourth-order valence-electron chi connectivity index (χ4n) is 1.75. The van der Waals surface area contributed by atoms with E-state index in [9.17, 15) is 9.59 Å². The fourth-order valence-corrected chi connectivity index (χ4v) is 1.75. The highest BCUT2D eigenvalue weighted by molar-refractivity contribution is 5.92. The van der Waals surface area contributed by atoms with Crippen molar-refractivity contribution in [2.24, 2.45) is 0 Å². The van der Waals surface area contributed by atoms with Gasteiger partial charge in [0.15, 0.2) is 0 Å². The Morgan fingerprint density at radius 1 is 1.33 bits per heavy atom. The number of hydrogen-bond acceptors (Lipinski definition) is 2. The molecule has 1 aromatic heterocycles. The standard InChI is InChI=1S/C13H13NO3.ClH/c1-7(2)8-3-4-11-9(5-8)12(15)10(6-14-11)13(16)17;/h3-7H,1-2H3,(H,14,15)(H,16,17);1H. The molecule has 2 aromatic rings. The summed E-state index contributed by atoms with van der Waals surface area (Å²) in [5.41, 5.74) is 1.02. The summed E-state index contributed by atoms with van der Waals surface area (Å²) in [6.07, 6.45) is 1.24. The Morgan fingerprint density at radius 2 is 2.00 bits per heavy atom. The normalized spacial score (nSPS) is 10.4. The summed E-state index contributed by atoms with van der Waals surface area (Å²) in [6, 6.07) is 5.49. The second-order valence-electron chi connectivity index (χ2n) is 4.30. The summed E-state index contributed by atoms with van der Waals surface area (Å²) >= 11 is 0. The molecule has 0 amide bonds. The van der Waals surface area contributed by atoms with Gasteiger partial charge in [-0.05, 0) is 23.6 Å². The quantitative estimate of drug-likeness (QED) is 0.879. The van der Waals surface area contributed by atoms with Crippen molar-refractivity contribution in [3.63, 3.8) is 0 Å². The molecular weight excluding hydrogens is 254 g/mol. The summed E-state index contributed by atoms with van der Waals surface area (Å²) in [7, 11) is 0. The van der Waals surface area contributed by atoms with E-state index in [0.29, 0.717) is 16.8 Å². The van der Waals surface area contributed by atoms with Crippen LogP contribution in [0, 0.1) is 0 Å². The Balaban J connectivity index is 0.00000162. The maximum absolute atomic E-state index is 11.9. The number of H-pyrrole nitrogens is 1. The number of rotatable bonds is 2. The molecular formula is C13H14ClNO3. The van der Waals surface area contributed by atoms with Crippen LogP contribution in [-0.2, 0) is 0 Å². The lowest BCUT2D eigenvalue weighted by Crippen LogP contribution is -2.15. The van der Waals surface area contributed by atoms with Gasteiger partial charge in [0.25, 0.3) is 0 Å². The molecule has 0 fully saturated rings. The molecule has 2 N–H and O–H groups in total. The van der Waals surface area contributed by atoms with Crippen molar-refractivity contribution < 1.29 is 9.90 Å². The highest BCUT2D eigenvalue weighted by atomic mass is 35.5. The summed E-state index contributed by atoms with van der Waals surface area (Å²) in [6.45, 7) is 4.05. The average Bonchev–Trinajstić information content (AvgIpc) is 2.28. The summed E-state index contributed by atoms with van der Waals surface area (Å²) < 4.78 is 0. The average molecular weight is 268 g/mol. The predicted octanol–water partition coefficient (Wildman–Crippen LogP) is 2.77. The molecule has 2 rings (SSSR count). The summed E-state index contributed by atoms with van der Waals surface area (Å²) in [5.74, 6) is -0.907. The van der Waals surface area contributed by atoms with Gasteiger partial charge >= 0.3 is 5.97 Å². The number of carboxylic acid groups (broad SMARTS) is 1. The highest BCUT2D eigenvalue weighted by Crippen LogP contribution is 2.18. The minimum atomic E-state index is -1.21. The zero-order valence-corrected chi connectivity index (χ0v) is 10.9. The number of pyridine rings is 1. The van der Waals surface area contributed by atoms with Gasteiger partial charge in [0.05, 0.1) is 0 Å². The van der Waals surface area contributed by atoms with Gasteiger partial charge in [0, 0.05) is 17.1 Å². The minimum Gasteiger partial charge on any atom is -0.477 e. The van der Waals surface area contributed by atoms with E-state index in [0.717, 1.165) is 5.56 Å². The number of aromatic nitrogens is 1. The van der Waals surface area contributed by atoms with Gasteiger partial charge in [-0.2, -0.15) is 0 Å². The lowest BCUT2D eigenvalue weighted by atomic mass is 10.0. The van der Waals surface area contributed by atoms with Crippen LogP contribution >= 0.6 is 12.4 Å². The Bertz CT molecular complexity index is 646. The van der Waals surface area contributed by atoms with Crippen LogP contribution in [0.2, 0.25) is 0 Å². The molecule has 0 radical (unpaired) electrons. The van der Waals surface area contributed by atoms with Gasteiger partial charge in [-0.25, -0.2) is 4.79 Å². The topological polar surface area (TPSA) is 70.2 Å². The van der Waals surface area contributed by atoms with Crippen LogP contribution in [0.1, 0.15) is 35.7 Å². The van der Waals surface area contributed by atoms with E-state index in [1.807, 2.05) is 19.9 Å². The molecule has 96 valence electrons. The number of carboxylic acids is 1. The zero-order chi connectivity index (χ0) is 12.6. The molecule has 1 heterocycles. The van der Waals surface area contributed by atoms with Gasteiger partial charge in [-0.15, -0.1) is 12.4 Å². The Hall–Kier alpha value is -1.81. The number of fused-ring (bicyclic) bond motifs is 1. The number of aromatic amines is 1. The lowest BCUT2D eigenvalue weighted by Gasteiger charge is -2.06. The molecule has 18 heavy (non-hydrogen) atoms. The molecule has 0 aliphatic rings.